The van der Waals surface area contributed by atoms with E-state index in [-0.39, 0.29) is 11.9 Å². The van der Waals surface area contributed by atoms with E-state index in [2.05, 4.69) is 68.8 Å². The monoisotopic (exact) mass is 613 g/mol. The molecule has 1 aromatic heterocycles. The Morgan fingerprint density at radius 1 is 1.09 bits per heavy atom. The zero-order valence-corrected chi connectivity index (χ0v) is 28.8. The number of hydrogen-bond acceptors (Lipinski definition) is 8. The third kappa shape index (κ3) is 9.78. The molecule has 2 aliphatic carbocycles. The highest BCUT2D eigenvalue weighted by Gasteiger charge is 2.31. The molecule has 240 valence electrons. The van der Waals surface area contributed by atoms with E-state index in [4.69, 9.17) is 24.3 Å². The maximum Gasteiger partial charge on any atom is 0.306 e. The van der Waals surface area contributed by atoms with Crippen molar-refractivity contribution < 1.29 is 19.0 Å². The first-order valence-electron chi connectivity index (χ1n) is 16.3. The maximum atomic E-state index is 12.1. The van der Waals surface area contributed by atoms with Crippen molar-refractivity contribution in [3.63, 3.8) is 0 Å². The van der Waals surface area contributed by atoms with Crippen LogP contribution in [0.15, 0.2) is 18.2 Å². The van der Waals surface area contributed by atoms with Gasteiger partial charge in [-0.05, 0) is 74.1 Å². The minimum absolute atomic E-state index is 0.0162. The molecule has 0 bridgehead atoms. The van der Waals surface area contributed by atoms with Gasteiger partial charge in [-0.1, -0.05) is 46.5 Å². The van der Waals surface area contributed by atoms with Gasteiger partial charge in [-0.3, -0.25) is 4.79 Å². The fraction of sp³-hybridized carbons (Fsp3) is 0.727. The summed E-state index contributed by atoms with van der Waals surface area (Å²) in [5.41, 5.74) is 3.23. The number of benzene rings is 1. The minimum atomic E-state index is -1.19. The number of ether oxygens (including phenoxy) is 3. The second-order valence-electron chi connectivity index (χ2n) is 14.2. The minimum Gasteiger partial charge on any atom is -0.469 e. The first kappa shape index (κ1) is 33.5. The molecule has 1 atom stereocenters. The van der Waals surface area contributed by atoms with E-state index in [9.17, 15) is 4.79 Å². The fourth-order valence-corrected chi connectivity index (χ4v) is 6.56. The summed E-state index contributed by atoms with van der Waals surface area (Å²) < 4.78 is 18.7. The molecule has 1 aromatic carbocycles. The molecule has 4 rings (SSSR count). The van der Waals surface area contributed by atoms with Gasteiger partial charge in [0, 0.05) is 40.3 Å². The van der Waals surface area contributed by atoms with Crippen LogP contribution in [0.2, 0.25) is 25.7 Å². The smallest absolute Gasteiger partial charge is 0.306 e. The molecule has 9 nitrogen and oxygen atoms in total. The number of carbonyl (C=O) groups is 1. The number of anilines is 3. The molecule has 0 saturated heterocycles. The average Bonchev–Trinajstić information content (AvgIpc) is 3.75. The molecule has 2 aliphatic rings. The highest BCUT2D eigenvalue weighted by atomic mass is 28.3. The van der Waals surface area contributed by atoms with Crippen molar-refractivity contribution in [3.8, 4) is 0 Å². The van der Waals surface area contributed by atoms with Gasteiger partial charge in [0.2, 0.25) is 5.95 Å². The molecule has 0 radical (unpaired) electrons. The number of rotatable bonds is 16. The van der Waals surface area contributed by atoms with Gasteiger partial charge in [-0.2, -0.15) is 10.1 Å². The summed E-state index contributed by atoms with van der Waals surface area (Å²) in [6.07, 6.45) is 7.28. The Kier molecular flexibility index (Phi) is 11.7. The third-order valence-corrected chi connectivity index (χ3v) is 10.4. The summed E-state index contributed by atoms with van der Waals surface area (Å²) in [7, 11) is 2.08. The van der Waals surface area contributed by atoms with Crippen LogP contribution < -0.4 is 10.2 Å². The van der Waals surface area contributed by atoms with Gasteiger partial charge in [-0.15, -0.1) is 0 Å². The third-order valence-electron chi connectivity index (χ3n) is 8.67. The average molecular weight is 614 g/mol. The van der Waals surface area contributed by atoms with Crippen molar-refractivity contribution in [2.24, 2.45) is 5.92 Å². The van der Waals surface area contributed by atoms with E-state index in [1.807, 2.05) is 11.8 Å². The molecule has 0 amide bonds. The predicted molar refractivity (Wildman–Crippen MR) is 176 cm³/mol. The van der Waals surface area contributed by atoms with Gasteiger partial charge in [0.1, 0.15) is 6.73 Å². The molecule has 1 N–H and O–H groups in total. The molecular formula is C33H55N5O4Si. The van der Waals surface area contributed by atoms with Gasteiger partial charge in [0.05, 0.1) is 31.0 Å². The first-order chi connectivity index (χ1) is 20.5. The molecule has 1 heterocycles. The van der Waals surface area contributed by atoms with Crippen LogP contribution in [0, 0.1) is 5.92 Å². The summed E-state index contributed by atoms with van der Waals surface area (Å²) in [6.45, 7) is 15.8. The molecule has 2 saturated carbocycles. The fourth-order valence-electron chi connectivity index (χ4n) is 5.80. The number of aromatic nitrogens is 3. The second-order valence-corrected chi connectivity index (χ2v) is 19.8. The van der Waals surface area contributed by atoms with Crippen molar-refractivity contribution in [2.75, 3.05) is 37.6 Å². The summed E-state index contributed by atoms with van der Waals surface area (Å²) >= 11 is 0. The van der Waals surface area contributed by atoms with Crippen LogP contribution >= 0.6 is 0 Å². The van der Waals surface area contributed by atoms with E-state index >= 15 is 0 Å². The van der Waals surface area contributed by atoms with Gasteiger partial charge in [0.15, 0.2) is 5.82 Å². The van der Waals surface area contributed by atoms with Gasteiger partial charge < -0.3 is 24.4 Å². The highest BCUT2D eigenvalue weighted by Crippen LogP contribution is 2.40. The molecule has 2 aromatic rings. The van der Waals surface area contributed by atoms with Crippen molar-refractivity contribution in [3.05, 3.63) is 29.6 Å². The number of hydrogen-bond donors (Lipinski definition) is 1. The zero-order chi connectivity index (χ0) is 31.1. The first-order valence-corrected chi connectivity index (χ1v) is 20.0. The van der Waals surface area contributed by atoms with Crippen molar-refractivity contribution >= 4 is 31.4 Å². The second kappa shape index (κ2) is 15.0. The lowest BCUT2D eigenvalue weighted by Crippen LogP contribution is -2.41. The maximum absolute atomic E-state index is 12.1. The molecule has 2 fully saturated rings. The standard InChI is InChI=1S/C33H55N5O4Si/c1-23(2)21-37(27-12-14-28(40-4)15-13-27)30-16-11-26(24(3)19-31(39)41-5)20-29(30)34-33-35-32(25-9-10-25)36-38(33)22-42-17-18-43(6,7)8/h11,16,20,23-25,27-28H,9-10,12-15,17-19,21-22H2,1-8H3,(H,34,35,36). The van der Waals surface area contributed by atoms with Crippen LogP contribution in [0.5, 0.6) is 0 Å². The lowest BCUT2D eigenvalue weighted by atomic mass is 9.90. The summed E-state index contributed by atoms with van der Waals surface area (Å²) in [5.74, 6) is 2.35. The Morgan fingerprint density at radius 3 is 2.42 bits per heavy atom. The van der Waals surface area contributed by atoms with E-state index in [1.54, 1.807) is 0 Å². The van der Waals surface area contributed by atoms with E-state index in [1.165, 1.54) is 7.11 Å². The van der Waals surface area contributed by atoms with Crippen LogP contribution in [0.1, 0.15) is 88.9 Å². The molecule has 10 heteroatoms. The molecule has 1 unspecified atom stereocenters. The van der Waals surface area contributed by atoms with Crippen LogP contribution in [0.25, 0.3) is 0 Å². The zero-order valence-electron chi connectivity index (χ0n) is 27.8. The number of esters is 1. The highest BCUT2D eigenvalue weighted by molar-refractivity contribution is 6.76. The van der Waals surface area contributed by atoms with Crippen LogP contribution in [-0.4, -0.2) is 68.3 Å². The van der Waals surface area contributed by atoms with Crippen molar-refractivity contribution in [2.45, 2.75) is 122 Å². The number of carbonyl (C=O) groups excluding carboxylic acids is 1. The quantitative estimate of drug-likeness (QED) is 0.120. The molecule has 0 spiro atoms. The largest absolute Gasteiger partial charge is 0.469 e. The van der Waals surface area contributed by atoms with Gasteiger partial charge >= 0.3 is 5.97 Å². The summed E-state index contributed by atoms with van der Waals surface area (Å²) in [4.78, 5) is 19.7. The molecule has 43 heavy (non-hydrogen) atoms. The molecular weight excluding hydrogens is 558 g/mol. The predicted octanol–water partition coefficient (Wildman–Crippen LogP) is 7.30. The van der Waals surface area contributed by atoms with E-state index in [0.717, 1.165) is 80.5 Å². The van der Waals surface area contributed by atoms with Crippen molar-refractivity contribution in [1.29, 1.82) is 0 Å². The van der Waals surface area contributed by atoms with Crippen LogP contribution in [-0.2, 0) is 25.7 Å². The van der Waals surface area contributed by atoms with Crippen molar-refractivity contribution in [1.82, 2.24) is 14.8 Å². The summed E-state index contributed by atoms with van der Waals surface area (Å²) in [6, 6.07) is 8.13. The summed E-state index contributed by atoms with van der Waals surface area (Å²) in [5, 5.41) is 8.59. The normalized spacial score (nSPS) is 19.8. The lowest BCUT2D eigenvalue weighted by Gasteiger charge is -2.40. The Labute approximate surface area is 260 Å². The van der Waals surface area contributed by atoms with Crippen LogP contribution in [0.4, 0.5) is 17.3 Å². The SMILES string of the molecule is COC(=O)CC(C)c1ccc(N(CC(C)C)C2CCC(OC)CC2)c(Nc2nc(C3CC3)nn2COCC[Si](C)(C)C)c1. The topological polar surface area (TPSA) is 90.7 Å². The van der Waals surface area contributed by atoms with E-state index < -0.39 is 8.07 Å². The van der Waals surface area contributed by atoms with E-state index in [0.29, 0.717) is 43.1 Å². The van der Waals surface area contributed by atoms with Gasteiger partial charge in [0.25, 0.3) is 0 Å². The molecule has 0 aliphatic heterocycles. The Morgan fingerprint density at radius 2 is 1.81 bits per heavy atom. The lowest BCUT2D eigenvalue weighted by molar-refractivity contribution is -0.140. The van der Waals surface area contributed by atoms with Gasteiger partial charge in [-0.25, -0.2) is 4.68 Å². The number of nitrogens with one attached hydrogen (secondary N) is 1. The Balaban J connectivity index is 1.67. The Bertz CT molecular complexity index is 1180. The number of methoxy groups -OCH3 is 2. The Hall–Kier alpha value is -2.43. The number of nitrogens with zero attached hydrogens (tertiary/aromatic N) is 4. The van der Waals surface area contributed by atoms with Crippen LogP contribution in [0.3, 0.4) is 0 Å².